The van der Waals surface area contributed by atoms with Crippen LogP contribution in [-0.2, 0) is 18.8 Å². The van der Waals surface area contributed by atoms with Gasteiger partial charge in [0.05, 0.1) is 0 Å². The fourth-order valence-electron chi connectivity index (χ4n) is 3.55. The van der Waals surface area contributed by atoms with Crippen molar-refractivity contribution in [3.8, 4) is 0 Å². The smallest absolute Gasteiger partial charge is 0.270 e. The predicted octanol–water partition coefficient (Wildman–Crippen LogP) is 8.05. The average molecular weight is 524 g/mol. The van der Waals surface area contributed by atoms with Crippen molar-refractivity contribution in [3.63, 3.8) is 0 Å². The summed E-state index contributed by atoms with van der Waals surface area (Å²) in [5.74, 6) is -2.64. The van der Waals surface area contributed by atoms with Gasteiger partial charge < -0.3 is 0 Å². The van der Waals surface area contributed by atoms with E-state index in [2.05, 4.69) is 38.8 Å². The van der Waals surface area contributed by atoms with E-state index >= 15 is 0 Å². The van der Waals surface area contributed by atoms with E-state index in [-0.39, 0.29) is 11.3 Å². The van der Waals surface area contributed by atoms with Crippen LogP contribution in [0.1, 0.15) is 65.9 Å². The van der Waals surface area contributed by atoms with Crippen LogP contribution in [0.2, 0.25) is 0 Å². The van der Waals surface area contributed by atoms with E-state index in [1.165, 1.54) is 28.3 Å². The number of alkyl halides is 2. The molecular formula is C24H22Br2F2O. The fraction of sp³-hybridized carbons (Fsp3) is 0.292. The second-order valence-electron chi connectivity index (χ2n) is 7.73. The Balaban J connectivity index is 0.000000166. The van der Waals surface area contributed by atoms with Gasteiger partial charge in [-0.3, -0.25) is 4.79 Å². The lowest BCUT2D eigenvalue weighted by Crippen LogP contribution is -2.07. The van der Waals surface area contributed by atoms with Gasteiger partial charge in [0, 0.05) is 27.0 Å². The maximum Gasteiger partial charge on any atom is 0.270 e. The highest BCUT2D eigenvalue weighted by molar-refractivity contribution is 9.15. The van der Waals surface area contributed by atoms with E-state index in [1.807, 2.05) is 25.1 Å². The highest BCUT2D eigenvalue weighted by Gasteiger charge is 2.27. The van der Waals surface area contributed by atoms with Crippen LogP contribution in [0.5, 0.6) is 0 Å². The van der Waals surface area contributed by atoms with E-state index in [0.29, 0.717) is 0 Å². The summed E-state index contributed by atoms with van der Waals surface area (Å²) in [5.41, 5.74) is 7.90. The summed E-state index contributed by atoms with van der Waals surface area (Å²) in [6, 6.07) is 10.8. The fourth-order valence-corrected chi connectivity index (χ4v) is 4.57. The van der Waals surface area contributed by atoms with Gasteiger partial charge in [0.15, 0.2) is 5.78 Å². The zero-order chi connectivity index (χ0) is 21.5. The molecule has 4 rings (SSSR count). The standard InChI is InChI=1S/C12H11BrF2.C12H11BrO/c1-7-5-8-3-4-9(12(2,14)15)6-10(8)11(7)13;1-7-5-10-4-3-9(8(2)14)6-11(10)12(7)13/h3-4,6H,5H2,1-2H3;3-4,6H,5H2,1-2H3. The van der Waals surface area contributed by atoms with Crippen LogP contribution in [0.15, 0.2) is 47.5 Å². The first kappa shape index (κ1) is 22.1. The Labute approximate surface area is 187 Å². The Hall–Kier alpha value is -1.59. The number of allylic oxidation sites excluding steroid dienone is 2. The largest absolute Gasteiger partial charge is 0.295 e. The molecule has 0 unspecified atom stereocenters. The quantitative estimate of drug-likeness (QED) is 0.364. The molecule has 2 aliphatic rings. The molecule has 1 nitrogen and oxygen atoms in total. The van der Waals surface area contributed by atoms with Gasteiger partial charge >= 0.3 is 0 Å². The van der Waals surface area contributed by atoms with Crippen molar-refractivity contribution < 1.29 is 13.6 Å². The van der Waals surface area contributed by atoms with Crippen LogP contribution < -0.4 is 0 Å². The third-order valence-corrected chi connectivity index (χ3v) is 7.47. The summed E-state index contributed by atoms with van der Waals surface area (Å²) in [7, 11) is 0. The van der Waals surface area contributed by atoms with Crippen molar-refractivity contribution in [2.75, 3.05) is 0 Å². The molecule has 2 aromatic rings. The van der Waals surface area contributed by atoms with Crippen LogP contribution in [0.4, 0.5) is 8.78 Å². The van der Waals surface area contributed by atoms with Crippen molar-refractivity contribution >= 4 is 46.6 Å². The topological polar surface area (TPSA) is 17.1 Å². The molecule has 0 heterocycles. The molecule has 0 aliphatic heterocycles. The number of fused-ring (bicyclic) bond motifs is 2. The van der Waals surface area contributed by atoms with Crippen molar-refractivity contribution in [2.45, 2.75) is 46.5 Å². The van der Waals surface area contributed by atoms with E-state index < -0.39 is 5.92 Å². The number of hydrogen-bond donors (Lipinski definition) is 0. The van der Waals surface area contributed by atoms with Crippen molar-refractivity contribution in [1.82, 2.24) is 0 Å². The highest BCUT2D eigenvalue weighted by atomic mass is 79.9. The summed E-state index contributed by atoms with van der Waals surface area (Å²) in [6.45, 7) is 6.64. The minimum absolute atomic E-state index is 0.0768. The van der Waals surface area contributed by atoms with Gasteiger partial charge in [0.25, 0.3) is 5.92 Å². The summed E-state index contributed by atoms with van der Waals surface area (Å²) in [4.78, 5) is 11.2. The molecule has 0 bridgehead atoms. The van der Waals surface area contributed by atoms with Gasteiger partial charge in [0.1, 0.15) is 0 Å². The second-order valence-corrected chi connectivity index (χ2v) is 9.32. The molecule has 0 radical (unpaired) electrons. The molecule has 5 heteroatoms. The lowest BCUT2D eigenvalue weighted by molar-refractivity contribution is 0.0174. The van der Waals surface area contributed by atoms with Gasteiger partial charge in [-0.1, -0.05) is 67.3 Å². The van der Waals surface area contributed by atoms with Gasteiger partial charge in [-0.05, 0) is 68.0 Å². The van der Waals surface area contributed by atoms with Crippen LogP contribution in [0.25, 0.3) is 8.96 Å². The van der Waals surface area contributed by atoms with Crippen molar-refractivity contribution in [1.29, 1.82) is 0 Å². The third-order valence-electron chi connectivity index (χ3n) is 5.27. The van der Waals surface area contributed by atoms with Gasteiger partial charge in [-0.2, -0.15) is 0 Å². The minimum atomic E-state index is -2.77. The molecule has 0 aromatic heterocycles. The molecule has 0 amide bonds. The normalized spacial score (nSPS) is 15.2. The second kappa shape index (κ2) is 8.27. The van der Waals surface area contributed by atoms with Crippen LogP contribution in [-0.4, -0.2) is 5.78 Å². The molecule has 0 atom stereocenters. The zero-order valence-electron chi connectivity index (χ0n) is 16.8. The van der Waals surface area contributed by atoms with Crippen LogP contribution >= 0.6 is 31.9 Å². The molecule has 2 aromatic carbocycles. The zero-order valence-corrected chi connectivity index (χ0v) is 20.0. The Bertz CT molecular complexity index is 1060. The SMILES string of the molecule is CC(=O)c1ccc2c(c1)C(Br)=C(C)C2.CC1=C(Br)c2cc(C(C)(F)F)ccc2C1. The summed E-state index contributed by atoms with van der Waals surface area (Å²) < 4.78 is 28.3. The number of carbonyl (C=O) groups excluding carboxylic acids is 1. The Morgan fingerprint density at radius 2 is 1.38 bits per heavy atom. The summed E-state index contributed by atoms with van der Waals surface area (Å²) >= 11 is 6.99. The first-order valence-corrected chi connectivity index (χ1v) is 10.9. The van der Waals surface area contributed by atoms with E-state index in [0.717, 1.165) is 45.4 Å². The Kier molecular flexibility index (Phi) is 6.30. The van der Waals surface area contributed by atoms with E-state index in [4.69, 9.17) is 0 Å². The Morgan fingerprint density at radius 1 is 0.897 bits per heavy atom. The first-order chi connectivity index (χ1) is 13.5. The number of halogens is 4. The number of Topliss-reactive ketones (excluding diaryl/α,β-unsaturated/α-hetero) is 1. The van der Waals surface area contributed by atoms with Gasteiger partial charge in [0.2, 0.25) is 0 Å². The highest BCUT2D eigenvalue weighted by Crippen LogP contribution is 2.40. The molecule has 0 N–H and O–H groups in total. The third kappa shape index (κ3) is 4.61. The number of rotatable bonds is 2. The average Bonchev–Trinajstić information content (AvgIpc) is 3.10. The number of benzene rings is 2. The molecule has 152 valence electrons. The maximum absolute atomic E-state index is 13.1. The van der Waals surface area contributed by atoms with Gasteiger partial charge in [-0.15, -0.1) is 0 Å². The summed E-state index contributed by atoms with van der Waals surface area (Å²) in [6.07, 6.45) is 1.85. The van der Waals surface area contributed by atoms with E-state index in [9.17, 15) is 13.6 Å². The van der Waals surface area contributed by atoms with Crippen molar-refractivity contribution in [2.24, 2.45) is 0 Å². The lowest BCUT2D eigenvalue weighted by atomic mass is 10.0. The molecule has 2 aliphatic carbocycles. The molecule has 0 spiro atoms. The minimum Gasteiger partial charge on any atom is -0.295 e. The predicted molar refractivity (Wildman–Crippen MR) is 123 cm³/mol. The Morgan fingerprint density at radius 3 is 1.86 bits per heavy atom. The van der Waals surface area contributed by atoms with Crippen LogP contribution in [0, 0.1) is 0 Å². The van der Waals surface area contributed by atoms with E-state index in [1.54, 1.807) is 19.1 Å². The monoisotopic (exact) mass is 522 g/mol. The number of ketones is 1. The summed E-state index contributed by atoms with van der Waals surface area (Å²) in [5, 5.41) is 0. The molecule has 0 saturated heterocycles. The van der Waals surface area contributed by atoms with Crippen LogP contribution in [0.3, 0.4) is 0 Å². The number of hydrogen-bond acceptors (Lipinski definition) is 1. The first-order valence-electron chi connectivity index (χ1n) is 9.35. The molecular weight excluding hydrogens is 502 g/mol. The van der Waals surface area contributed by atoms with Crippen molar-refractivity contribution in [3.05, 3.63) is 80.9 Å². The lowest BCUT2D eigenvalue weighted by Gasteiger charge is -2.12. The van der Waals surface area contributed by atoms with Gasteiger partial charge in [-0.25, -0.2) is 8.78 Å². The molecule has 0 saturated carbocycles. The number of carbonyl (C=O) groups is 1. The maximum atomic E-state index is 13.1. The molecule has 0 fully saturated rings. The molecule has 29 heavy (non-hydrogen) atoms.